The van der Waals surface area contributed by atoms with Crippen LogP contribution in [0.5, 0.6) is 0 Å². The molecule has 3 aromatic rings. The van der Waals surface area contributed by atoms with Gasteiger partial charge in [-0.3, -0.25) is 4.79 Å². The number of halogens is 3. The first-order chi connectivity index (χ1) is 18.8. The summed E-state index contributed by atoms with van der Waals surface area (Å²) in [5.74, 6) is -0.235. The van der Waals surface area contributed by atoms with Crippen LogP contribution in [0.25, 0.3) is 0 Å². The quantitative estimate of drug-likeness (QED) is 0.393. The lowest BCUT2D eigenvalue weighted by molar-refractivity contribution is -0.138. The van der Waals surface area contributed by atoms with Crippen LogP contribution in [0.15, 0.2) is 53.4 Å². The fourth-order valence-corrected chi connectivity index (χ4v) is 5.77. The Bertz CT molecular complexity index is 1480. The molecule has 1 aliphatic heterocycles. The minimum Gasteiger partial charge on any atom is -0.394 e. The Kier molecular flexibility index (Phi) is 8.44. The molecule has 0 bridgehead atoms. The van der Waals surface area contributed by atoms with E-state index in [1.165, 1.54) is 49.4 Å². The molecular formula is C28H32F3N3O5S. The number of rotatable bonds is 9. The predicted molar refractivity (Wildman–Crippen MR) is 142 cm³/mol. The van der Waals surface area contributed by atoms with Crippen molar-refractivity contribution in [2.24, 2.45) is 0 Å². The zero-order valence-corrected chi connectivity index (χ0v) is 23.3. The molecule has 40 heavy (non-hydrogen) atoms. The highest BCUT2D eigenvalue weighted by atomic mass is 32.2. The molecule has 1 fully saturated rings. The average molecular weight is 580 g/mol. The van der Waals surface area contributed by atoms with Gasteiger partial charge in [-0.1, -0.05) is 44.2 Å². The van der Waals surface area contributed by atoms with E-state index >= 15 is 0 Å². The molecule has 1 aliphatic rings. The third-order valence-corrected chi connectivity index (χ3v) is 9.11. The van der Waals surface area contributed by atoms with Crippen LogP contribution in [0, 0.1) is 6.92 Å². The molecule has 1 saturated heterocycles. The Labute approximate surface area is 231 Å². The van der Waals surface area contributed by atoms with Crippen LogP contribution < -0.4 is 5.32 Å². The monoisotopic (exact) mass is 579 g/mol. The summed E-state index contributed by atoms with van der Waals surface area (Å²) in [6, 6.07) is 10.3. The van der Waals surface area contributed by atoms with Gasteiger partial charge in [0.25, 0.3) is 5.91 Å². The van der Waals surface area contributed by atoms with E-state index in [0.29, 0.717) is 36.7 Å². The number of carbonyl (C=O) groups is 1. The summed E-state index contributed by atoms with van der Waals surface area (Å²) in [5, 5.41) is 12.7. The number of imidazole rings is 1. The number of carbonyl (C=O) groups excluding carboxylic acids is 1. The molecule has 12 heteroatoms. The lowest BCUT2D eigenvalue weighted by atomic mass is 9.89. The number of hydrogen-bond acceptors (Lipinski definition) is 6. The average Bonchev–Trinajstić information content (AvgIpc) is 3.51. The third-order valence-electron chi connectivity index (χ3n) is 7.36. The molecule has 2 heterocycles. The van der Waals surface area contributed by atoms with Crippen molar-refractivity contribution in [3.63, 3.8) is 0 Å². The first-order valence-corrected chi connectivity index (χ1v) is 14.5. The number of hydrogen-bond donors (Lipinski definition) is 2. The molecule has 216 valence electrons. The molecule has 1 aromatic heterocycles. The molecular weight excluding hydrogens is 547 g/mol. The van der Waals surface area contributed by atoms with Crippen LogP contribution in [0.3, 0.4) is 0 Å². The molecule has 0 saturated carbocycles. The second kappa shape index (κ2) is 11.3. The number of aromatic nitrogens is 2. The summed E-state index contributed by atoms with van der Waals surface area (Å²) < 4.78 is 72.7. The lowest BCUT2D eigenvalue weighted by Crippen LogP contribution is -2.31. The Hall–Kier alpha value is -3.22. The Morgan fingerprint density at radius 1 is 1.20 bits per heavy atom. The molecule has 2 N–H and O–H groups in total. The molecule has 2 atom stereocenters. The Morgan fingerprint density at radius 2 is 1.88 bits per heavy atom. The highest BCUT2D eigenvalue weighted by molar-refractivity contribution is 7.91. The van der Waals surface area contributed by atoms with E-state index < -0.39 is 45.5 Å². The fourth-order valence-electron chi connectivity index (χ4n) is 4.89. The molecule has 1 unspecified atom stereocenters. The summed E-state index contributed by atoms with van der Waals surface area (Å²) >= 11 is 0. The summed E-state index contributed by atoms with van der Waals surface area (Å²) in [6.45, 7) is 5.20. The number of nitrogens with zero attached hydrogens (tertiary/aromatic N) is 2. The van der Waals surface area contributed by atoms with E-state index in [1.807, 2.05) is 6.92 Å². The van der Waals surface area contributed by atoms with Crippen LogP contribution in [0.4, 0.5) is 13.2 Å². The van der Waals surface area contributed by atoms with Gasteiger partial charge >= 0.3 is 6.18 Å². The minimum atomic E-state index is -4.55. The maximum Gasteiger partial charge on any atom is 0.416 e. The highest BCUT2D eigenvalue weighted by Gasteiger charge is 2.39. The SMILES string of the molecule is CCS(=O)(=O)c1ccc([C@H](CO)NC(=O)c2nc(C3(C)CCOC3)n(Cc3ccccc3C(F)(F)F)c2C)cc1. The van der Waals surface area contributed by atoms with Gasteiger partial charge in [0.2, 0.25) is 0 Å². The van der Waals surface area contributed by atoms with E-state index in [-0.39, 0.29) is 28.5 Å². The van der Waals surface area contributed by atoms with Gasteiger partial charge in [0.1, 0.15) is 11.5 Å². The van der Waals surface area contributed by atoms with E-state index in [1.54, 1.807) is 11.5 Å². The number of benzene rings is 2. The normalized spacial score (nSPS) is 18.6. The maximum absolute atomic E-state index is 13.7. The van der Waals surface area contributed by atoms with Crippen LogP contribution in [-0.2, 0) is 32.7 Å². The van der Waals surface area contributed by atoms with Crippen molar-refractivity contribution in [3.05, 3.63) is 82.4 Å². The van der Waals surface area contributed by atoms with Crippen molar-refractivity contribution in [3.8, 4) is 0 Å². The van der Waals surface area contributed by atoms with Crippen molar-refractivity contribution in [2.75, 3.05) is 25.6 Å². The Morgan fingerprint density at radius 3 is 2.45 bits per heavy atom. The van der Waals surface area contributed by atoms with Gasteiger partial charge in [0.05, 0.1) is 40.9 Å². The summed E-state index contributed by atoms with van der Waals surface area (Å²) in [4.78, 5) is 18.2. The largest absolute Gasteiger partial charge is 0.416 e. The van der Waals surface area contributed by atoms with Crippen molar-refractivity contribution >= 4 is 15.7 Å². The van der Waals surface area contributed by atoms with Crippen LogP contribution in [0.1, 0.15) is 65.0 Å². The fraction of sp³-hybridized carbons (Fsp3) is 0.429. The summed E-state index contributed by atoms with van der Waals surface area (Å²) in [5.41, 5.74) is -0.454. The van der Waals surface area contributed by atoms with Gasteiger partial charge in [-0.2, -0.15) is 13.2 Å². The van der Waals surface area contributed by atoms with Gasteiger partial charge in [-0.05, 0) is 42.7 Å². The second-order valence-corrected chi connectivity index (χ2v) is 12.4. The Balaban J connectivity index is 1.69. The second-order valence-electron chi connectivity index (χ2n) is 10.2. The number of aliphatic hydroxyl groups excluding tert-OH is 1. The van der Waals surface area contributed by atoms with Gasteiger partial charge < -0.3 is 19.7 Å². The third kappa shape index (κ3) is 5.93. The zero-order valence-electron chi connectivity index (χ0n) is 22.5. The topological polar surface area (TPSA) is 111 Å². The van der Waals surface area contributed by atoms with Crippen LogP contribution >= 0.6 is 0 Å². The van der Waals surface area contributed by atoms with Crippen LogP contribution in [0.2, 0.25) is 0 Å². The van der Waals surface area contributed by atoms with E-state index in [0.717, 1.165) is 6.07 Å². The number of aliphatic hydroxyl groups is 1. The van der Waals surface area contributed by atoms with Crippen molar-refractivity contribution < 1.29 is 36.2 Å². The summed E-state index contributed by atoms with van der Waals surface area (Å²) in [6.07, 6.45) is -3.97. The van der Waals surface area contributed by atoms with Gasteiger partial charge in [0, 0.05) is 18.8 Å². The van der Waals surface area contributed by atoms with Crippen molar-refractivity contribution in [1.29, 1.82) is 0 Å². The van der Waals surface area contributed by atoms with Gasteiger partial charge in [-0.15, -0.1) is 0 Å². The number of amides is 1. The molecule has 1 amide bonds. The molecule has 2 aromatic carbocycles. The molecule has 0 spiro atoms. The lowest BCUT2D eigenvalue weighted by Gasteiger charge is -2.24. The molecule has 4 rings (SSSR count). The van der Waals surface area contributed by atoms with Crippen molar-refractivity contribution in [2.45, 2.75) is 56.3 Å². The molecule has 0 aliphatic carbocycles. The predicted octanol–water partition coefficient (Wildman–Crippen LogP) is 4.19. The number of alkyl halides is 3. The first kappa shape index (κ1) is 29.8. The van der Waals surface area contributed by atoms with Gasteiger partial charge in [0.15, 0.2) is 9.84 Å². The molecule has 0 radical (unpaired) electrons. The number of ether oxygens (including phenoxy) is 1. The van der Waals surface area contributed by atoms with Crippen molar-refractivity contribution in [1.82, 2.24) is 14.9 Å². The van der Waals surface area contributed by atoms with E-state index in [4.69, 9.17) is 4.74 Å². The van der Waals surface area contributed by atoms with E-state index in [9.17, 15) is 31.5 Å². The van der Waals surface area contributed by atoms with Gasteiger partial charge in [-0.25, -0.2) is 13.4 Å². The minimum absolute atomic E-state index is 0.0243. The highest BCUT2D eigenvalue weighted by Crippen LogP contribution is 2.36. The number of sulfone groups is 1. The first-order valence-electron chi connectivity index (χ1n) is 12.9. The maximum atomic E-state index is 13.7. The number of nitrogens with one attached hydrogen (secondary N) is 1. The standard InChI is InChI=1S/C28H32F3N3O5S/c1-4-40(37,38)21-11-9-19(10-12-21)23(16-35)32-25(36)24-18(2)34(26(33-24)27(3)13-14-39-17-27)15-20-7-5-6-8-22(20)28(29,30)31/h5-12,23,35H,4,13-17H2,1-3H3,(H,32,36)/t23-,27?/m0/s1. The zero-order chi connectivity index (χ0) is 29.3. The molecule has 8 nitrogen and oxygen atoms in total. The van der Waals surface area contributed by atoms with Crippen LogP contribution in [-0.4, -0.2) is 54.6 Å². The smallest absolute Gasteiger partial charge is 0.394 e. The van der Waals surface area contributed by atoms with E-state index in [2.05, 4.69) is 10.3 Å². The summed E-state index contributed by atoms with van der Waals surface area (Å²) in [7, 11) is -3.42.